The van der Waals surface area contributed by atoms with Gasteiger partial charge in [0.05, 0.1) is 23.0 Å². The maximum atomic E-state index is 11.9. The van der Waals surface area contributed by atoms with Crippen molar-refractivity contribution in [1.82, 2.24) is 15.2 Å². The molecule has 9 heteroatoms. The number of nitrogens with two attached hydrogens (primary N) is 1. The number of sulfonamides is 1. The Morgan fingerprint density at radius 2 is 2.06 bits per heavy atom. The van der Waals surface area contributed by atoms with Crippen LogP contribution in [-0.4, -0.2) is 28.7 Å². The van der Waals surface area contributed by atoms with Crippen molar-refractivity contribution < 1.29 is 13.5 Å². The standard InChI is InChI=1S/C9H9N5O3S/c10-7-5-6(1-2-8(7)15)18(16,17)14-9-11-3-4-12-13-9/h1-5,15H,10H2,(H,11,13,14). The Kier molecular flexibility index (Phi) is 2.98. The van der Waals surface area contributed by atoms with Crippen molar-refractivity contribution in [3.05, 3.63) is 30.6 Å². The number of aromatic nitrogens is 3. The highest BCUT2D eigenvalue weighted by molar-refractivity contribution is 7.92. The van der Waals surface area contributed by atoms with Gasteiger partial charge in [0.1, 0.15) is 5.75 Å². The lowest BCUT2D eigenvalue weighted by atomic mass is 10.3. The van der Waals surface area contributed by atoms with Crippen molar-refractivity contribution in [2.45, 2.75) is 4.90 Å². The number of hydrogen-bond donors (Lipinski definition) is 3. The summed E-state index contributed by atoms with van der Waals surface area (Å²) in [6, 6.07) is 3.53. The van der Waals surface area contributed by atoms with Crippen LogP contribution in [-0.2, 0) is 10.0 Å². The van der Waals surface area contributed by atoms with E-state index in [0.717, 1.165) is 6.07 Å². The van der Waals surface area contributed by atoms with Gasteiger partial charge in [0.2, 0.25) is 0 Å². The van der Waals surface area contributed by atoms with Crippen LogP contribution in [0.25, 0.3) is 0 Å². The quantitative estimate of drug-likeness (QED) is 0.525. The summed E-state index contributed by atoms with van der Waals surface area (Å²) in [6.07, 6.45) is 2.62. The molecule has 0 spiro atoms. The second kappa shape index (κ2) is 4.45. The van der Waals surface area contributed by atoms with Gasteiger partial charge in [-0.05, 0) is 18.2 Å². The molecule has 0 aliphatic heterocycles. The van der Waals surface area contributed by atoms with Crippen molar-refractivity contribution in [2.24, 2.45) is 0 Å². The lowest BCUT2D eigenvalue weighted by Crippen LogP contribution is -2.15. The molecular weight excluding hydrogens is 258 g/mol. The van der Waals surface area contributed by atoms with Crippen molar-refractivity contribution in [3.8, 4) is 5.75 Å². The largest absolute Gasteiger partial charge is 0.506 e. The summed E-state index contributed by atoms with van der Waals surface area (Å²) in [6.45, 7) is 0. The first kappa shape index (κ1) is 12.0. The second-order valence-corrected chi connectivity index (χ2v) is 4.97. The predicted molar refractivity (Wildman–Crippen MR) is 63.2 cm³/mol. The van der Waals surface area contributed by atoms with E-state index in [0.29, 0.717) is 0 Å². The number of anilines is 2. The first-order valence-corrected chi connectivity index (χ1v) is 6.22. The number of nitrogens with one attached hydrogen (secondary N) is 1. The third kappa shape index (κ3) is 2.46. The minimum absolute atomic E-state index is 0.0371. The van der Waals surface area contributed by atoms with Crippen LogP contribution in [0.15, 0.2) is 35.5 Å². The van der Waals surface area contributed by atoms with Gasteiger partial charge in [-0.1, -0.05) is 0 Å². The summed E-state index contributed by atoms with van der Waals surface area (Å²) in [4.78, 5) is 3.58. The van der Waals surface area contributed by atoms with Crippen LogP contribution in [0.3, 0.4) is 0 Å². The van der Waals surface area contributed by atoms with E-state index in [1.807, 2.05) is 0 Å². The van der Waals surface area contributed by atoms with E-state index in [1.165, 1.54) is 24.5 Å². The van der Waals surface area contributed by atoms with Gasteiger partial charge in [-0.3, -0.25) is 0 Å². The molecule has 0 fully saturated rings. The second-order valence-electron chi connectivity index (χ2n) is 3.29. The number of phenolic OH excluding ortho intramolecular Hbond substituents is 1. The zero-order valence-corrected chi connectivity index (χ0v) is 9.79. The van der Waals surface area contributed by atoms with E-state index in [2.05, 4.69) is 19.9 Å². The van der Waals surface area contributed by atoms with Gasteiger partial charge >= 0.3 is 0 Å². The fraction of sp³-hybridized carbons (Fsp3) is 0. The lowest BCUT2D eigenvalue weighted by molar-refractivity contribution is 0.477. The van der Waals surface area contributed by atoms with Gasteiger partial charge in [0.25, 0.3) is 16.0 Å². The Labute approximate surface area is 103 Å². The van der Waals surface area contributed by atoms with Crippen molar-refractivity contribution in [3.63, 3.8) is 0 Å². The summed E-state index contributed by atoms with van der Waals surface area (Å²) >= 11 is 0. The maximum absolute atomic E-state index is 11.9. The molecule has 0 radical (unpaired) electrons. The molecule has 1 heterocycles. The van der Waals surface area contributed by atoms with Gasteiger partial charge in [-0.15, -0.1) is 5.10 Å². The number of nitrogens with zero attached hydrogens (tertiary/aromatic N) is 3. The number of benzene rings is 1. The number of aromatic hydroxyl groups is 1. The van der Waals surface area contributed by atoms with Crippen LogP contribution in [0.2, 0.25) is 0 Å². The number of hydrogen-bond acceptors (Lipinski definition) is 7. The third-order valence-electron chi connectivity index (χ3n) is 2.02. The molecule has 0 aliphatic rings. The van der Waals surface area contributed by atoms with Gasteiger partial charge in [-0.25, -0.2) is 18.1 Å². The number of phenols is 1. The van der Waals surface area contributed by atoms with Crippen molar-refractivity contribution >= 4 is 21.7 Å². The highest BCUT2D eigenvalue weighted by Crippen LogP contribution is 2.23. The lowest BCUT2D eigenvalue weighted by Gasteiger charge is -2.07. The molecule has 0 bridgehead atoms. The molecule has 0 atom stereocenters. The molecular formula is C9H9N5O3S. The average molecular weight is 267 g/mol. The van der Waals surface area contributed by atoms with Crippen molar-refractivity contribution in [1.29, 1.82) is 0 Å². The smallest absolute Gasteiger partial charge is 0.264 e. The Morgan fingerprint density at radius 1 is 1.28 bits per heavy atom. The van der Waals surface area contributed by atoms with Crippen LogP contribution < -0.4 is 10.5 Å². The topological polar surface area (TPSA) is 131 Å². The first-order valence-electron chi connectivity index (χ1n) is 4.74. The molecule has 0 saturated carbocycles. The van der Waals surface area contributed by atoms with Crippen LogP contribution in [0.5, 0.6) is 5.75 Å². The summed E-state index contributed by atoms with van der Waals surface area (Å²) in [5.74, 6) is -0.337. The zero-order valence-electron chi connectivity index (χ0n) is 8.98. The minimum Gasteiger partial charge on any atom is -0.506 e. The molecule has 1 aromatic carbocycles. The van der Waals surface area contributed by atoms with Crippen LogP contribution in [0.1, 0.15) is 0 Å². The molecule has 4 N–H and O–H groups in total. The maximum Gasteiger partial charge on any atom is 0.264 e. The summed E-state index contributed by atoms with van der Waals surface area (Å²) in [7, 11) is -3.86. The van der Waals surface area contributed by atoms with Crippen LogP contribution >= 0.6 is 0 Å². The molecule has 1 aromatic heterocycles. The highest BCUT2D eigenvalue weighted by Gasteiger charge is 2.16. The van der Waals surface area contributed by atoms with Crippen LogP contribution in [0.4, 0.5) is 11.6 Å². The van der Waals surface area contributed by atoms with Gasteiger partial charge in [0.15, 0.2) is 0 Å². The fourth-order valence-electron chi connectivity index (χ4n) is 1.17. The van der Waals surface area contributed by atoms with E-state index in [4.69, 9.17) is 5.73 Å². The minimum atomic E-state index is -3.86. The molecule has 94 valence electrons. The molecule has 0 aliphatic carbocycles. The van der Waals surface area contributed by atoms with E-state index in [-0.39, 0.29) is 22.3 Å². The number of nitrogen functional groups attached to an aromatic ring is 1. The third-order valence-corrected chi connectivity index (χ3v) is 3.34. The monoisotopic (exact) mass is 267 g/mol. The molecule has 0 amide bonds. The van der Waals surface area contributed by atoms with Gasteiger partial charge in [-0.2, -0.15) is 5.10 Å². The first-order chi connectivity index (χ1) is 8.49. The Hall–Kier alpha value is -2.42. The molecule has 0 saturated heterocycles. The summed E-state index contributed by atoms with van der Waals surface area (Å²) in [5.41, 5.74) is 5.39. The van der Waals surface area contributed by atoms with Gasteiger partial charge < -0.3 is 10.8 Å². The van der Waals surface area contributed by atoms with E-state index >= 15 is 0 Å². The van der Waals surface area contributed by atoms with Crippen molar-refractivity contribution in [2.75, 3.05) is 10.5 Å². The molecule has 18 heavy (non-hydrogen) atoms. The summed E-state index contributed by atoms with van der Waals surface area (Å²) < 4.78 is 25.9. The SMILES string of the molecule is Nc1cc(S(=O)(=O)Nc2nccnn2)ccc1O. The van der Waals surface area contributed by atoms with E-state index in [1.54, 1.807) is 0 Å². The molecule has 0 unspecified atom stereocenters. The Morgan fingerprint density at radius 3 is 2.67 bits per heavy atom. The molecule has 2 aromatic rings. The average Bonchev–Trinajstić information content (AvgIpc) is 2.33. The predicted octanol–water partition coefficient (Wildman–Crippen LogP) is -0.0398. The zero-order chi connectivity index (χ0) is 13.2. The van der Waals surface area contributed by atoms with Crippen LogP contribution in [0, 0.1) is 0 Å². The Balaban J connectivity index is 2.34. The summed E-state index contributed by atoms with van der Waals surface area (Å²) in [5, 5.41) is 16.2. The van der Waals surface area contributed by atoms with E-state index in [9.17, 15) is 13.5 Å². The highest BCUT2D eigenvalue weighted by atomic mass is 32.2. The molecule has 2 rings (SSSR count). The fourth-order valence-corrected chi connectivity index (χ4v) is 2.15. The molecule has 8 nitrogen and oxygen atoms in total. The Bertz CT molecular complexity index is 659. The normalized spacial score (nSPS) is 11.1. The van der Waals surface area contributed by atoms with Gasteiger partial charge in [0, 0.05) is 0 Å². The van der Waals surface area contributed by atoms with E-state index < -0.39 is 10.0 Å². The number of rotatable bonds is 3.